The van der Waals surface area contributed by atoms with Crippen LogP contribution in [0.2, 0.25) is 4.34 Å². The van der Waals surface area contributed by atoms with Gasteiger partial charge in [0.15, 0.2) is 0 Å². The van der Waals surface area contributed by atoms with Crippen LogP contribution in [0.3, 0.4) is 0 Å². The summed E-state index contributed by atoms with van der Waals surface area (Å²) in [6.45, 7) is 0.790. The van der Waals surface area contributed by atoms with E-state index in [2.05, 4.69) is 29.6 Å². The van der Waals surface area contributed by atoms with Crippen molar-refractivity contribution in [2.45, 2.75) is 31.3 Å². The van der Waals surface area contributed by atoms with E-state index < -0.39 is 0 Å². The van der Waals surface area contributed by atoms with E-state index in [9.17, 15) is 0 Å². The zero-order valence-corrected chi connectivity index (χ0v) is 12.6. The molecule has 0 saturated carbocycles. The number of halogens is 1. The highest BCUT2D eigenvalue weighted by molar-refractivity contribution is 7.16. The molecule has 2 heterocycles. The molecule has 4 rings (SSSR count). The molecule has 0 amide bonds. The summed E-state index contributed by atoms with van der Waals surface area (Å²) in [7, 11) is 0. The molecule has 0 radical (unpaired) electrons. The normalized spacial score (nSPS) is 24.1. The Kier molecular flexibility index (Phi) is 3.21. The van der Waals surface area contributed by atoms with Crippen LogP contribution in [0.15, 0.2) is 30.3 Å². The number of benzene rings is 1. The number of aryl methyl sites for hydroxylation is 1. The fourth-order valence-corrected chi connectivity index (χ4v) is 4.62. The van der Waals surface area contributed by atoms with Crippen molar-refractivity contribution in [3.8, 4) is 5.75 Å². The van der Waals surface area contributed by atoms with Crippen LogP contribution >= 0.6 is 22.9 Å². The van der Waals surface area contributed by atoms with Gasteiger partial charge in [-0.05, 0) is 30.5 Å². The first-order valence-corrected chi connectivity index (χ1v) is 8.26. The quantitative estimate of drug-likeness (QED) is 0.882. The Labute approximate surface area is 127 Å². The van der Waals surface area contributed by atoms with Crippen LogP contribution in [0.25, 0.3) is 0 Å². The highest BCUT2D eigenvalue weighted by Gasteiger charge is 2.29. The van der Waals surface area contributed by atoms with Gasteiger partial charge >= 0.3 is 0 Å². The molecule has 1 N–H and O–H groups in total. The van der Waals surface area contributed by atoms with Crippen molar-refractivity contribution in [1.29, 1.82) is 0 Å². The fraction of sp³-hybridized carbons (Fsp3) is 0.375. The van der Waals surface area contributed by atoms with Gasteiger partial charge in [0, 0.05) is 28.9 Å². The maximum Gasteiger partial charge on any atom is 0.124 e. The van der Waals surface area contributed by atoms with Crippen LogP contribution in [-0.4, -0.2) is 6.61 Å². The molecule has 4 heteroatoms. The number of nitrogens with one attached hydrogen (secondary N) is 1. The van der Waals surface area contributed by atoms with Gasteiger partial charge in [-0.15, -0.1) is 11.3 Å². The second kappa shape index (κ2) is 5.06. The van der Waals surface area contributed by atoms with E-state index in [4.69, 9.17) is 16.3 Å². The zero-order valence-electron chi connectivity index (χ0n) is 11.1. The Morgan fingerprint density at radius 2 is 2.00 bits per heavy atom. The number of ether oxygens (including phenoxy) is 1. The summed E-state index contributed by atoms with van der Waals surface area (Å²) in [6, 6.07) is 11.3. The maximum atomic E-state index is 6.14. The lowest BCUT2D eigenvalue weighted by atomic mass is 9.99. The predicted octanol–water partition coefficient (Wildman–Crippen LogP) is 4.50. The Bertz CT molecular complexity index is 639. The van der Waals surface area contributed by atoms with Crippen molar-refractivity contribution >= 4 is 22.9 Å². The number of hydrogen-bond donors (Lipinski definition) is 1. The maximum absolute atomic E-state index is 6.14. The highest BCUT2D eigenvalue weighted by atomic mass is 35.5. The van der Waals surface area contributed by atoms with Gasteiger partial charge in [-0.3, -0.25) is 0 Å². The third kappa shape index (κ3) is 2.14. The third-order valence-electron chi connectivity index (χ3n) is 4.21. The van der Waals surface area contributed by atoms with Gasteiger partial charge in [0.1, 0.15) is 5.75 Å². The first-order valence-electron chi connectivity index (χ1n) is 7.07. The summed E-state index contributed by atoms with van der Waals surface area (Å²) in [6.07, 6.45) is 3.35. The van der Waals surface area contributed by atoms with E-state index in [1.54, 1.807) is 11.3 Å². The van der Waals surface area contributed by atoms with E-state index in [1.807, 2.05) is 6.07 Å². The number of para-hydroxylation sites is 1. The Morgan fingerprint density at radius 1 is 1.15 bits per heavy atom. The number of fused-ring (bicyclic) bond motifs is 2. The lowest BCUT2D eigenvalue weighted by molar-refractivity contribution is 0.244. The molecule has 104 valence electrons. The topological polar surface area (TPSA) is 21.3 Å². The third-order valence-corrected chi connectivity index (χ3v) is 5.55. The fourth-order valence-electron chi connectivity index (χ4n) is 3.26. The van der Waals surface area contributed by atoms with Gasteiger partial charge in [-0.1, -0.05) is 29.8 Å². The van der Waals surface area contributed by atoms with Gasteiger partial charge in [0.05, 0.1) is 10.9 Å². The smallest absolute Gasteiger partial charge is 0.124 e. The summed E-state index contributed by atoms with van der Waals surface area (Å²) in [4.78, 5) is 1.45. The average Bonchev–Trinajstić information content (AvgIpc) is 3.00. The molecule has 2 unspecified atom stereocenters. The SMILES string of the molecule is Clc1cc2c(s1)CCC2NC1CCOc2ccccc21. The molecule has 0 spiro atoms. The second-order valence-corrected chi connectivity index (χ2v) is 7.18. The Hall–Kier alpha value is -1.03. The summed E-state index contributed by atoms with van der Waals surface area (Å²) < 4.78 is 6.64. The molecule has 1 aliphatic carbocycles. The van der Waals surface area contributed by atoms with Crippen LogP contribution < -0.4 is 10.1 Å². The highest BCUT2D eigenvalue weighted by Crippen LogP contribution is 2.42. The molecule has 0 saturated heterocycles. The van der Waals surface area contributed by atoms with Crippen LogP contribution in [0.1, 0.15) is 40.9 Å². The Morgan fingerprint density at radius 3 is 2.95 bits per heavy atom. The van der Waals surface area contributed by atoms with Gasteiger partial charge < -0.3 is 10.1 Å². The summed E-state index contributed by atoms with van der Waals surface area (Å²) in [5.41, 5.74) is 2.69. The van der Waals surface area contributed by atoms with Crippen LogP contribution in [-0.2, 0) is 6.42 Å². The summed E-state index contributed by atoms with van der Waals surface area (Å²) in [5, 5.41) is 3.81. The number of thiophene rings is 1. The lowest BCUT2D eigenvalue weighted by Gasteiger charge is -2.29. The van der Waals surface area contributed by atoms with Crippen molar-refractivity contribution in [1.82, 2.24) is 5.32 Å². The van der Waals surface area contributed by atoms with Gasteiger partial charge in [-0.25, -0.2) is 0 Å². The monoisotopic (exact) mass is 305 g/mol. The average molecular weight is 306 g/mol. The molecular formula is C16H16ClNOS. The molecule has 2 aliphatic rings. The minimum Gasteiger partial charge on any atom is -0.493 e. The molecule has 2 atom stereocenters. The van der Waals surface area contributed by atoms with E-state index >= 15 is 0 Å². The molecule has 1 aromatic heterocycles. The second-order valence-electron chi connectivity index (χ2n) is 5.41. The number of rotatable bonds is 2. The van der Waals surface area contributed by atoms with Crippen LogP contribution in [0.4, 0.5) is 0 Å². The van der Waals surface area contributed by atoms with E-state index in [1.165, 1.54) is 22.4 Å². The molecule has 2 nitrogen and oxygen atoms in total. The summed E-state index contributed by atoms with van der Waals surface area (Å²) >= 11 is 7.87. The molecule has 2 aromatic rings. The largest absolute Gasteiger partial charge is 0.493 e. The zero-order chi connectivity index (χ0) is 13.5. The van der Waals surface area contributed by atoms with Crippen LogP contribution in [0.5, 0.6) is 5.75 Å². The van der Waals surface area contributed by atoms with Crippen molar-refractivity contribution in [3.05, 3.63) is 50.7 Å². The summed E-state index contributed by atoms with van der Waals surface area (Å²) in [5.74, 6) is 1.03. The minimum atomic E-state index is 0.384. The predicted molar refractivity (Wildman–Crippen MR) is 82.8 cm³/mol. The van der Waals surface area contributed by atoms with Gasteiger partial charge in [0.25, 0.3) is 0 Å². The van der Waals surface area contributed by atoms with Crippen molar-refractivity contribution < 1.29 is 4.74 Å². The molecule has 0 fully saturated rings. The standard InChI is InChI=1S/C16H16ClNOS/c17-16-9-11-12(5-6-15(11)20-16)18-13-7-8-19-14-4-2-1-3-10(13)14/h1-4,9,12-13,18H,5-8H2. The molecule has 1 aromatic carbocycles. The lowest BCUT2D eigenvalue weighted by Crippen LogP contribution is -2.29. The molecule has 20 heavy (non-hydrogen) atoms. The Balaban J connectivity index is 1.59. The van der Waals surface area contributed by atoms with Crippen molar-refractivity contribution in [2.75, 3.05) is 6.61 Å². The van der Waals surface area contributed by atoms with Crippen LogP contribution in [0, 0.1) is 0 Å². The van der Waals surface area contributed by atoms with Gasteiger partial charge in [-0.2, -0.15) is 0 Å². The van der Waals surface area contributed by atoms with E-state index in [0.717, 1.165) is 29.5 Å². The minimum absolute atomic E-state index is 0.384. The number of hydrogen-bond acceptors (Lipinski definition) is 3. The first-order chi connectivity index (χ1) is 9.81. The molecule has 1 aliphatic heterocycles. The van der Waals surface area contributed by atoms with Crippen molar-refractivity contribution in [2.24, 2.45) is 0 Å². The first kappa shape index (κ1) is 12.7. The molecule has 0 bridgehead atoms. The van der Waals surface area contributed by atoms with Gasteiger partial charge in [0.2, 0.25) is 0 Å². The van der Waals surface area contributed by atoms with E-state index in [0.29, 0.717) is 12.1 Å². The van der Waals surface area contributed by atoms with E-state index in [-0.39, 0.29) is 0 Å². The molecular weight excluding hydrogens is 290 g/mol. The van der Waals surface area contributed by atoms with Crippen molar-refractivity contribution in [3.63, 3.8) is 0 Å².